The fourth-order valence-electron chi connectivity index (χ4n) is 2.79. The third kappa shape index (κ3) is 3.53. The quantitative estimate of drug-likeness (QED) is 0.495. The number of unbranched alkanes of at least 4 members (excludes halogenated alkanes) is 1. The molecule has 0 bridgehead atoms. The summed E-state index contributed by atoms with van der Waals surface area (Å²) in [6.07, 6.45) is -1.95. The van der Waals surface area contributed by atoms with Crippen molar-refractivity contribution >= 4 is 38.2 Å². The zero-order valence-corrected chi connectivity index (χ0v) is 15.1. The van der Waals surface area contributed by atoms with Gasteiger partial charge < -0.3 is 10.7 Å². The van der Waals surface area contributed by atoms with E-state index in [0.717, 1.165) is 44.3 Å². The van der Waals surface area contributed by atoms with Crippen LogP contribution in [0.1, 0.15) is 24.0 Å². The molecule has 0 fully saturated rings. The number of hydrogen-bond acceptors (Lipinski definition) is 2. The van der Waals surface area contributed by atoms with Crippen molar-refractivity contribution in [3.63, 3.8) is 0 Å². The minimum absolute atomic E-state index is 0.579. The Morgan fingerprint density at radius 1 is 1.12 bits per heavy atom. The van der Waals surface area contributed by atoms with Crippen LogP contribution in [0, 0.1) is 0 Å². The molecule has 3 rings (SSSR count). The first-order valence-electron chi connectivity index (χ1n) is 7.57. The van der Waals surface area contributed by atoms with Gasteiger partial charge in [-0.25, -0.2) is 0 Å². The second-order valence-electron chi connectivity index (χ2n) is 5.59. The van der Waals surface area contributed by atoms with E-state index in [1.807, 2.05) is 12.1 Å². The molecule has 2 heterocycles. The molecular formula is C17H16BrF3N2S. The Labute approximate surface area is 150 Å². The maximum absolute atomic E-state index is 13.1. The van der Waals surface area contributed by atoms with Gasteiger partial charge in [0.2, 0.25) is 0 Å². The normalized spacial score (nSPS) is 12.2. The molecule has 0 radical (unpaired) electrons. The molecule has 2 aromatic heterocycles. The van der Waals surface area contributed by atoms with E-state index in [4.69, 9.17) is 5.73 Å². The average molecular weight is 417 g/mol. The van der Waals surface area contributed by atoms with Gasteiger partial charge in [0.25, 0.3) is 0 Å². The predicted molar refractivity (Wildman–Crippen MR) is 96.3 cm³/mol. The van der Waals surface area contributed by atoms with E-state index in [-0.39, 0.29) is 0 Å². The number of rotatable bonds is 5. The SMILES string of the molecule is NCCCCc1c(-c2ccc(Br)s2)[nH]c2ccc(C(F)(F)F)cc12. The van der Waals surface area contributed by atoms with Gasteiger partial charge in [0.1, 0.15) is 0 Å². The summed E-state index contributed by atoms with van der Waals surface area (Å²) in [6, 6.07) is 7.79. The number of halogens is 4. The van der Waals surface area contributed by atoms with Gasteiger partial charge in [0.05, 0.1) is 19.9 Å². The van der Waals surface area contributed by atoms with Crippen molar-refractivity contribution in [2.24, 2.45) is 5.73 Å². The van der Waals surface area contributed by atoms with Crippen LogP contribution in [0.4, 0.5) is 13.2 Å². The zero-order valence-electron chi connectivity index (χ0n) is 12.7. The molecule has 3 N–H and O–H groups in total. The monoisotopic (exact) mass is 416 g/mol. The number of benzene rings is 1. The van der Waals surface area contributed by atoms with E-state index in [9.17, 15) is 13.2 Å². The standard InChI is InChI=1S/C17H16BrF3N2S/c18-15-7-6-14(24-15)16-11(3-1-2-8-22)12-9-10(17(19,20)21)4-5-13(12)23-16/h4-7,9,23H,1-3,8,22H2. The fraction of sp³-hybridized carbons (Fsp3) is 0.294. The first-order valence-corrected chi connectivity index (χ1v) is 9.18. The van der Waals surface area contributed by atoms with Gasteiger partial charge >= 0.3 is 6.18 Å². The number of fused-ring (bicyclic) bond motifs is 1. The highest BCUT2D eigenvalue weighted by Gasteiger charge is 2.31. The number of aromatic amines is 1. The van der Waals surface area contributed by atoms with Crippen molar-refractivity contribution in [2.45, 2.75) is 25.4 Å². The molecule has 0 aliphatic heterocycles. The Morgan fingerprint density at radius 3 is 2.54 bits per heavy atom. The van der Waals surface area contributed by atoms with Crippen LogP contribution >= 0.6 is 27.3 Å². The Hall–Kier alpha value is -1.31. The smallest absolute Gasteiger partial charge is 0.354 e. The number of thiophene rings is 1. The molecule has 2 nitrogen and oxygen atoms in total. The molecule has 0 aliphatic rings. The van der Waals surface area contributed by atoms with E-state index in [2.05, 4.69) is 20.9 Å². The van der Waals surface area contributed by atoms with E-state index in [1.165, 1.54) is 12.1 Å². The molecule has 0 aliphatic carbocycles. The van der Waals surface area contributed by atoms with Crippen LogP contribution in [-0.4, -0.2) is 11.5 Å². The number of nitrogens with two attached hydrogens (primary N) is 1. The number of aryl methyl sites for hydroxylation is 1. The van der Waals surface area contributed by atoms with Crippen molar-refractivity contribution in [2.75, 3.05) is 6.54 Å². The van der Waals surface area contributed by atoms with Gasteiger partial charge in [0, 0.05) is 10.9 Å². The van der Waals surface area contributed by atoms with Crippen LogP contribution in [0.25, 0.3) is 21.5 Å². The number of hydrogen-bond donors (Lipinski definition) is 2. The van der Waals surface area contributed by atoms with Gasteiger partial charge in [0.15, 0.2) is 0 Å². The van der Waals surface area contributed by atoms with Crippen molar-refractivity contribution in [1.82, 2.24) is 4.98 Å². The molecule has 0 unspecified atom stereocenters. The Kier molecular flexibility index (Phi) is 5.03. The van der Waals surface area contributed by atoms with Crippen LogP contribution in [0.3, 0.4) is 0 Å². The highest BCUT2D eigenvalue weighted by Crippen LogP contribution is 2.39. The van der Waals surface area contributed by atoms with Crippen molar-refractivity contribution in [1.29, 1.82) is 0 Å². The highest BCUT2D eigenvalue weighted by atomic mass is 79.9. The minimum atomic E-state index is -4.34. The fourth-order valence-corrected chi connectivity index (χ4v) is 4.20. The molecule has 24 heavy (non-hydrogen) atoms. The molecule has 1 aromatic carbocycles. The largest absolute Gasteiger partial charge is 0.416 e. The van der Waals surface area contributed by atoms with Crippen LogP contribution < -0.4 is 5.73 Å². The number of aromatic nitrogens is 1. The van der Waals surface area contributed by atoms with Gasteiger partial charge in [-0.2, -0.15) is 13.2 Å². The third-order valence-corrected chi connectivity index (χ3v) is 5.58. The van der Waals surface area contributed by atoms with Crippen molar-refractivity contribution < 1.29 is 13.2 Å². The molecule has 0 spiro atoms. The highest BCUT2D eigenvalue weighted by molar-refractivity contribution is 9.11. The second-order valence-corrected chi connectivity index (χ2v) is 8.05. The van der Waals surface area contributed by atoms with Crippen LogP contribution in [0.15, 0.2) is 34.1 Å². The van der Waals surface area contributed by atoms with Crippen LogP contribution in [0.2, 0.25) is 0 Å². The summed E-state index contributed by atoms with van der Waals surface area (Å²) in [5.74, 6) is 0. The molecule has 0 amide bonds. The maximum atomic E-state index is 13.1. The van der Waals surface area contributed by atoms with E-state index < -0.39 is 11.7 Å². The Balaban J connectivity index is 2.14. The molecule has 7 heteroatoms. The van der Waals surface area contributed by atoms with E-state index >= 15 is 0 Å². The lowest BCUT2D eigenvalue weighted by molar-refractivity contribution is -0.137. The number of nitrogens with one attached hydrogen (secondary N) is 1. The van der Waals surface area contributed by atoms with Gasteiger partial charge in [-0.15, -0.1) is 11.3 Å². The summed E-state index contributed by atoms with van der Waals surface area (Å²) in [5, 5.41) is 0.640. The molecule has 128 valence electrons. The topological polar surface area (TPSA) is 41.8 Å². The van der Waals surface area contributed by atoms with Gasteiger partial charge in [-0.05, 0) is 77.6 Å². The second kappa shape index (κ2) is 6.90. The molecule has 0 atom stereocenters. The summed E-state index contributed by atoms with van der Waals surface area (Å²) in [6.45, 7) is 0.579. The predicted octanol–water partition coefficient (Wildman–Crippen LogP) is 5.96. The van der Waals surface area contributed by atoms with E-state index in [1.54, 1.807) is 11.3 Å². The average Bonchev–Trinajstić information content (AvgIpc) is 3.10. The Morgan fingerprint density at radius 2 is 1.92 bits per heavy atom. The lowest BCUT2D eigenvalue weighted by Crippen LogP contribution is -2.04. The van der Waals surface area contributed by atoms with Gasteiger partial charge in [-0.3, -0.25) is 0 Å². The Bertz CT molecular complexity index is 851. The summed E-state index contributed by atoms with van der Waals surface area (Å²) in [5.41, 5.74) is 7.49. The van der Waals surface area contributed by atoms with Crippen LogP contribution in [0.5, 0.6) is 0 Å². The van der Waals surface area contributed by atoms with Crippen molar-refractivity contribution in [3.8, 4) is 10.6 Å². The van der Waals surface area contributed by atoms with Crippen molar-refractivity contribution in [3.05, 3.63) is 45.2 Å². The minimum Gasteiger partial charge on any atom is -0.354 e. The van der Waals surface area contributed by atoms with Gasteiger partial charge in [-0.1, -0.05) is 0 Å². The summed E-state index contributed by atoms with van der Waals surface area (Å²) in [4.78, 5) is 4.30. The lowest BCUT2D eigenvalue weighted by atomic mass is 10.0. The summed E-state index contributed by atoms with van der Waals surface area (Å²) < 4.78 is 40.2. The third-order valence-electron chi connectivity index (χ3n) is 3.93. The first-order chi connectivity index (χ1) is 11.4. The van der Waals surface area contributed by atoms with Crippen LogP contribution in [-0.2, 0) is 12.6 Å². The molecule has 0 saturated carbocycles. The number of H-pyrrole nitrogens is 1. The molecule has 0 saturated heterocycles. The summed E-state index contributed by atoms with van der Waals surface area (Å²) in [7, 11) is 0. The lowest BCUT2D eigenvalue weighted by Gasteiger charge is -2.07. The first kappa shape index (κ1) is 17.5. The summed E-state index contributed by atoms with van der Waals surface area (Å²) >= 11 is 5.00. The zero-order chi connectivity index (χ0) is 17.3. The molecule has 3 aromatic rings. The molecular weight excluding hydrogens is 401 g/mol. The number of alkyl halides is 3. The maximum Gasteiger partial charge on any atom is 0.416 e. The van der Waals surface area contributed by atoms with E-state index in [0.29, 0.717) is 18.4 Å².